The maximum absolute atomic E-state index is 10.2. The van der Waals surface area contributed by atoms with Crippen molar-refractivity contribution in [3.63, 3.8) is 0 Å². The maximum atomic E-state index is 10.2. The standard InChI is InChI=1S/C11H17N3O4/c1-3-18-10-6-9(13-8(2)14-10)12-4-5-17-7-11(15)16/h6H,3-5,7H2,1-2H3,(H,15,16)(H,12,13,14). The number of ether oxygens (including phenoxy) is 2. The first-order valence-corrected chi connectivity index (χ1v) is 5.63. The highest BCUT2D eigenvalue weighted by atomic mass is 16.5. The number of carboxylic acid groups (broad SMARTS) is 1. The van der Waals surface area contributed by atoms with Crippen molar-refractivity contribution in [1.82, 2.24) is 9.97 Å². The summed E-state index contributed by atoms with van der Waals surface area (Å²) < 4.78 is 10.2. The van der Waals surface area contributed by atoms with Crippen molar-refractivity contribution in [2.45, 2.75) is 13.8 Å². The molecule has 0 saturated carbocycles. The van der Waals surface area contributed by atoms with Crippen LogP contribution in [0, 0.1) is 6.92 Å². The zero-order valence-electron chi connectivity index (χ0n) is 10.5. The molecular weight excluding hydrogens is 238 g/mol. The van der Waals surface area contributed by atoms with Gasteiger partial charge in [-0.05, 0) is 13.8 Å². The number of aliphatic carboxylic acids is 1. The predicted octanol–water partition coefficient (Wildman–Crippen LogP) is 0.697. The van der Waals surface area contributed by atoms with Gasteiger partial charge in [0, 0.05) is 12.6 Å². The molecule has 1 rings (SSSR count). The van der Waals surface area contributed by atoms with E-state index in [1.807, 2.05) is 6.92 Å². The molecule has 1 aromatic heterocycles. The van der Waals surface area contributed by atoms with Gasteiger partial charge in [0.2, 0.25) is 5.88 Å². The first-order chi connectivity index (χ1) is 8.61. The number of aryl methyl sites for hydroxylation is 1. The Kier molecular flexibility index (Phi) is 5.86. The van der Waals surface area contributed by atoms with Gasteiger partial charge in [0.05, 0.1) is 13.2 Å². The van der Waals surface area contributed by atoms with Gasteiger partial charge in [-0.15, -0.1) is 0 Å². The van der Waals surface area contributed by atoms with E-state index in [0.717, 1.165) is 0 Å². The first kappa shape index (κ1) is 14.2. The summed E-state index contributed by atoms with van der Waals surface area (Å²) in [5.74, 6) is 0.769. The molecule has 0 spiro atoms. The summed E-state index contributed by atoms with van der Waals surface area (Å²) >= 11 is 0. The van der Waals surface area contributed by atoms with E-state index in [2.05, 4.69) is 15.3 Å². The van der Waals surface area contributed by atoms with Gasteiger partial charge in [0.15, 0.2) is 0 Å². The minimum Gasteiger partial charge on any atom is -0.480 e. The minimum atomic E-state index is -0.980. The number of nitrogens with zero attached hydrogens (tertiary/aromatic N) is 2. The Morgan fingerprint density at radius 2 is 2.28 bits per heavy atom. The Morgan fingerprint density at radius 3 is 2.94 bits per heavy atom. The van der Waals surface area contributed by atoms with Gasteiger partial charge in [-0.3, -0.25) is 0 Å². The number of carboxylic acids is 1. The number of carbonyl (C=O) groups is 1. The topological polar surface area (TPSA) is 93.6 Å². The molecule has 0 bridgehead atoms. The van der Waals surface area contributed by atoms with Gasteiger partial charge in [0.1, 0.15) is 18.2 Å². The normalized spacial score (nSPS) is 10.1. The quantitative estimate of drug-likeness (QED) is 0.660. The number of hydrogen-bond acceptors (Lipinski definition) is 6. The van der Waals surface area contributed by atoms with E-state index < -0.39 is 5.97 Å². The molecule has 0 fully saturated rings. The lowest BCUT2D eigenvalue weighted by Gasteiger charge is -2.08. The summed E-state index contributed by atoms with van der Waals surface area (Å²) in [7, 11) is 0. The maximum Gasteiger partial charge on any atom is 0.329 e. The Morgan fingerprint density at radius 1 is 1.50 bits per heavy atom. The van der Waals surface area contributed by atoms with Gasteiger partial charge < -0.3 is 19.9 Å². The van der Waals surface area contributed by atoms with Crippen molar-refractivity contribution in [2.24, 2.45) is 0 Å². The largest absolute Gasteiger partial charge is 0.480 e. The lowest BCUT2D eigenvalue weighted by Crippen LogP contribution is -2.15. The highest BCUT2D eigenvalue weighted by molar-refractivity contribution is 5.67. The third kappa shape index (κ3) is 5.44. The van der Waals surface area contributed by atoms with E-state index >= 15 is 0 Å². The van der Waals surface area contributed by atoms with Crippen molar-refractivity contribution in [3.05, 3.63) is 11.9 Å². The summed E-state index contributed by atoms with van der Waals surface area (Å²) in [6, 6.07) is 1.69. The summed E-state index contributed by atoms with van der Waals surface area (Å²) in [6.07, 6.45) is 0. The number of rotatable bonds is 8. The van der Waals surface area contributed by atoms with Crippen LogP contribution in [-0.2, 0) is 9.53 Å². The monoisotopic (exact) mass is 255 g/mol. The summed E-state index contributed by atoms with van der Waals surface area (Å²) in [5, 5.41) is 11.4. The zero-order valence-corrected chi connectivity index (χ0v) is 10.5. The van der Waals surface area contributed by atoms with Crippen LogP contribution in [0.1, 0.15) is 12.7 Å². The van der Waals surface area contributed by atoms with Crippen LogP contribution in [0.5, 0.6) is 5.88 Å². The third-order valence-corrected chi connectivity index (χ3v) is 1.88. The molecule has 0 unspecified atom stereocenters. The van der Waals surface area contributed by atoms with Gasteiger partial charge in [0.25, 0.3) is 0 Å². The number of nitrogens with one attached hydrogen (secondary N) is 1. The van der Waals surface area contributed by atoms with Crippen LogP contribution < -0.4 is 10.1 Å². The molecule has 1 heterocycles. The van der Waals surface area contributed by atoms with Crippen LogP contribution in [0.4, 0.5) is 5.82 Å². The number of hydrogen-bond donors (Lipinski definition) is 2. The molecule has 0 amide bonds. The summed E-state index contributed by atoms with van der Waals surface area (Å²) in [6.45, 7) is 4.65. The van der Waals surface area contributed by atoms with Crippen molar-refractivity contribution in [3.8, 4) is 5.88 Å². The van der Waals surface area contributed by atoms with E-state index in [0.29, 0.717) is 37.3 Å². The second-order valence-corrected chi connectivity index (χ2v) is 3.44. The minimum absolute atomic E-state index is 0.291. The Labute approximate surface area is 105 Å². The predicted molar refractivity (Wildman–Crippen MR) is 64.9 cm³/mol. The molecule has 0 aliphatic carbocycles. The second-order valence-electron chi connectivity index (χ2n) is 3.44. The lowest BCUT2D eigenvalue weighted by molar-refractivity contribution is -0.142. The molecule has 7 nitrogen and oxygen atoms in total. The van der Waals surface area contributed by atoms with Crippen molar-refractivity contribution in [2.75, 3.05) is 31.7 Å². The molecule has 0 saturated heterocycles. The van der Waals surface area contributed by atoms with E-state index in [1.165, 1.54) is 0 Å². The van der Waals surface area contributed by atoms with E-state index in [9.17, 15) is 4.79 Å². The van der Waals surface area contributed by atoms with Crippen LogP contribution in [0.3, 0.4) is 0 Å². The van der Waals surface area contributed by atoms with Gasteiger partial charge in [-0.1, -0.05) is 0 Å². The van der Waals surface area contributed by atoms with Crippen molar-refractivity contribution in [1.29, 1.82) is 0 Å². The molecule has 1 aromatic rings. The average molecular weight is 255 g/mol. The molecule has 0 radical (unpaired) electrons. The molecule has 0 aliphatic rings. The Balaban J connectivity index is 2.39. The second kappa shape index (κ2) is 7.44. The van der Waals surface area contributed by atoms with Gasteiger partial charge in [-0.2, -0.15) is 4.98 Å². The van der Waals surface area contributed by atoms with Crippen LogP contribution in [0.2, 0.25) is 0 Å². The van der Waals surface area contributed by atoms with Gasteiger partial charge in [-0.25, -0.2) is 9.78 Å². The Bertz CT molecular complexity index is 398. The fourth-order valence-corrected chi connectivity index (χ4v) is 1.26. The lowest BCUT2D eigenvalue weighted by atomic mass is 10.5. The number of anilines is 1. The fourth-order valence-electron chi connectivity index (χ4n) is 1.26. The molecule has 100 valence electrons. The van der Waals surface area contributed by atoms with Gasteiger partial charge >= 0.3 is 5.97 Å². The van der Waals surface area contributed by atoms with Crippen molar-refractivity contribution >= 4 is 11.8 Å². The first-order valence-electron chi connectivity index (χ1n) is 5.63. The van der Waals surface area contributed by atoms with Crippen LogP contribution in [0.25, 0.3) is 0 Å². The van der Waals surface area contributed by atoms with E-state index in [4.69, 9.17) is 14.6 Å². The third-order valence-electron chi connectivity index (χ3n) is 1.88. The van der Waals surface area contributed by atoms with Crippen LogP contribution >= 0.6 is 0 Å². The molecular formula is C11H17N3O4. The van der Waals surface area contributed by atoms with Crippen molar-refractivity contribution < 1.29 is 19.4 Å². The molecule has 7 heteroatoms. The zero-order chi connectivity index (χ0) is 13.4. The van der Waals surface area contributed by atoms with E-state index in [-0.39, 0.29) is 6.61 Å². The molecule has 0 atom stereocenters. The molecule has 2 N–H and O–H groups in total. The molecule has 0 aliphatic heterocycles. The average Bonchev–Trinajstić information content (AvgIpc) is 2.28. The molecule has 0 aromatic carbocycles. The highest BCUT2D eigenvalue weighted by Gasteiger charge is 2.02. The van der Waals surface area contributed by atoms with E-state index in [1.54, 1.807) is 13.0 Å². The molecule has 18 heavy (non-hydrogen) atoms. The SMILES string of the molecule is CCOc1cc(NCCOCC(=O)O)nc(C)n1. The summed E-state index contributed by atoms with van der Waals surface area (Å²) in [5.41, 5.74) is 0. The fraction of sp³-hybridized carbons (Fsp3) is 0.545. The van der Waals surface area contributed by atoms with Crippen LogP contribution in [0.15, 0.2) is 6.07 Å². The smallest absolute Gasteiger partial charge is 0.329 e. The Hall–Kier alpha value is -1.89. The highest BCUT2D eigenvalue weighted by Crippen LogP contribution is 2.12. The summed E-state index contributed by atoms with van der Waals surface area (Å²) in [4.78, 5) is 18.5. The number of aromatic nitrogens is 2. The van der Waals surface area contributed by atoms with Crippen LogP contribution in [-0.4, -0.2) is 47.4 Å².